The molecule has 1 N–H and O–H groups in total. The van der Waals surface area contributed by atoms with Gasteiger partial charge in [0.25, 0.3) is 11.5 Å². The summed E-state index contributed by atoms with van der Waals surface area (Å²) >= 11 is 0. The molecule has 2 heterocycles. The second kappa shape index (κ2) is 7.18. The zero-order chi connectivity index (χ0) is 18.0. The lowest BCUT2D eigenvalue weighted by molar-refractivity contribution is 0.0937. The molecule has 0 unspecified atom stereocenters. The fourth-order valence-corrected chi connectivity index (χ4v) is 2.60. The standard InChI is InChI=1S/C17H22N4O4/c1-20-14-13(16(23)21(2)17(20)24)8-12(9-19-14)15(22)18-6-3-7-25-10-11-4-5-11/h8-9,11H,3-7,10H2,1-2H3,(H,18,22). The number of nitrogens with zero attached hydrogens (tertiary/aromatic N) is 3. The van der Waals surface area contributed by atoms with E-state index >= 15 is 0 Å². The lowest BCUT2D eigenvalue weighted by Crippen LogP contribution is -2.37. The third-order valence-electron chi connectivity index (χ3n) is 4.36. The van der Waals surface area contributed by atoms with Gasteiger partial charge >= 0.3 is 5.69 Å². The van der Waals surface area contributed by atoms with Gasteiger partial charge in [0.15, 0.2) is 0 Å². The van der Waals surface area contributed by atoms with Gasteiger partial charge in [-0.05, 0) is 31.2 Å². The van der Waals surface area contributed by atoms with E-state index in [1.165, 1.54) is 36.7 Å². The van der Waals surface area contributed by atoms with Crippen molar-refractivity contribution >= 4 is 16.9 Å². The van der Waals surface area contributed by atoms with Crippen LogP contribution in [0.2, 0.25) is 0 Å². The largest absolute Gasteiger partial charge is 0.381 e. The Morgan fingerprint density at radius 1 is 1.32 bits per heavy atom. The molecule has 0 aromatic carbocycles. The second-order valence-corrected chi connectivity index (χ2v) is 6.43. The predicted molar refractivity (Wildman–Crippen MR) is 92.7 cm³/mol. The molecule has 1 amide bonds. The normalized spacial score (nSPS) is 14.0. The number of hydrogen-bond acceptors (Lipinski definition) is 5. The zero-order valence-corrected chi connectivity index (χ0v) is 14.4. The van der Waals surface area contributed by atoms with Crippen LogP contribution < -0.4 is 16.6 Å². The van der Waals surface area contributed by atoms with Gasteiger partial charge < -0.3 is 10.1 Å². The first-order valence-corrected chi connectivity index (χ1v) is 8.40. The molecule has 2 aromatic rings. The van der Waals surface area contributed by atoms with Crippen LogP contribution in [0.5, 0.6) is 0 Å². The van der Waals surface area contributed by atoms with E-state index in [1.54, 1.807) is 7.05 Å². The quantitative estimate of drug-likeness (QED) is 0.722. The summed E-state index contributed by atoms with van der Waals surface area (Å²) in [5.41, 5.74) is -0.359. The van der Waals surface area contributed by atoms with E-state index in [2.05, 4.69) is 10.3 Å². The zero-order valence-electron chi connectivity index (χ0n) is 14.4. The number of aromatic nitrogens is 3. The average Bonchev–Trinajstić information content (AvgIpc) is 3.44. The Morgan fingerprint density at radius 3 is 2.80 bits per heavy atom. The molecule has 8 nitrogen and oxygen atoms in total. The molecule has 0 bridgehead atoms. The molecular weight excluding hydrogens is 324 g/mol. The first-order chi connectivity index (χ1) is 12.0. The minimum Gasteiger partial charge on any atom is -0.381 e. The molecule has 1 aliphatic rings. The number of amides is 1. The summed E-state index contributed by atoms with van der Waals surface area (Å²) < 4.78 is 7.81. The van der Waals surface area contributed by atoms with Crippen molar-refractivity contribution in [1.82, 2.24) is 19.4 Å². The summed E-state index contributed by atoms with van der Waals surface area (Å²) in [5.74, 6) is 0.435. The number of fused-ring (bicyclic) bond motifs is 1. The van der Waals surface area contributed by atoms with Gasteiger partial charge in [-0.3, -0.25) is 18.7 Å². The Bertz CT molecular complexity index is 911. The smallest absolute Gasteiger partial charge is 0.332 e. The van der Waals surface area contributed by atoms with Crippen molar-refractivity contribution in [2.45, 2.75) is 19.3 Å². The molecule has 0 atom stereocenters. The van der Waals surface area contributed by atoms with E-state index in [4.69, 9.17) is 4.74 Å². The van der Waals surface area contributed by atoms with Gasteiger partial charge in [-0.2, -0.15) is 0 Å². The van der Waals surface area contributed by atoms with Crippen LogP contribution in [0.25, 0.3) is 11.0 Å². The van der Waals surface area contributed by atoms with Crippen LogP contribution in [0.4, 0.5) is 0 Å². The summed E-state index contributed by atoms with van der Waals surface area (Å²) in [6.45, 7) is 1.92. The number of hydrogen-bond donors (Lipinski definition) is 1. The van der Waals surface area contributed by atoms with Crippen molar-refractivity contribution in [2.24, 2.45) is 20.0 Å². The Morgan fingerprint density at radius 2 is 2.08 bits per heavy atom. The SMILES string of the molecule is Cn1c(=O)c2cc(C(=O)NCCCOCC3CC3)cnc2n(C)c1=O. The van der Waals surface area contributed by atoms with E-state index in [-0.39, 0.29) is 16.9 Å². The molecule has 1 saturated carbocycles. The molecule has 0 radical (unpaired) electrons. The minimum atomic E-state index is -0.464. The van der Waals surface area contributed by atoms with Crippen LogP contribution in [0.3, 0.4) is 0 Å². The molecular formula is C17H22N4O4. The van der Waals surface area contributed by atoms with Crippen LogP contribution in [0.1, 0.15) is 29.6 Å². The molecule has 134 valence electrons. The average molecular weight is 346 g/mol. The number of aryl methyl sites for hydroxylation is 1. The maximum atomic E-state index is 12.2. The van der Waals surface area contributed by atoms with Gasteiger partial charge in [0.2, 0.25) is 0 Å². The topological polar surface area (TPSA) is 95.2 Å². The lowest BCUT2D eigenvalue weighted by atomic mass is 10.2. The maximum absolute atomic E-state index is 12.2. The Balaban J connectivity index is 1.65. The molecule has 0 saturated heterocycles. The van der Waals surface area contributed by atoms with Gasteiger partial charge in [-0.25, -0.2) is 9.78 Å². The molecule has 2 aromatic heterocycles. The predicted octanol–water partition coefficient (Wildman–Crippen LogP) is 0.179. The number of pyridine rings is 1. The molecule has 0 aliphatic heterocycles. The molecule has 3 rings (SSSR count). The maximum Gasteiger partial charge on any atom is 0.332 e. The van der Waals surface area contributed by atoms with Crippen molar-refractivity contribution in [1.29, 1.82) is 0 Å². The van der Waals surface area contributed by atoms with Gasteiger partial charge in [0, 0.05) is 40.1 Å². The van der Waals surface area contributed by atoms with Crippen LogP contribution in [0, 0.1) is 5.92 Å². The third kappa shape index (κ3) is 3.79. The summed E-state index contributed by atoms with van der Waals surface area (Å²) in [4.78, 5) is 40.5. The van der Waals surface area contributed by atoms with Gasteiger partial charge in [0.1, 0.15) is 5.65 Å². The molecule has 8 heteroatoms. The van der Waals surface area contributed by atoms with Gasteiger partial charge in [0.05, 0.1) is 10.9 Å². The van der Waals surface area contributed by atoms with Gasteiger partial charge in [-0.1, -0.05) is 0 Å². The Labute approximate surface area is 144 Å². The van der Waals surface area contributed by atoms with Crippen molar-refractivity contribution in [3.05, 3.63) is 38.7 Å². The third-order valence-corrected chi connectivity index (χ3v) is 4.36. The second-order valence-electron chi connectivity index (χ2n) is 6.43. The van der Waals surface area contributed by atoms with Gasteiger partial charge in [-0.15, -0.1) is 0 Å². The van der Waals surface area contributed by atoms with E-state index in [0.717, 1.165) is 23.5 Å². The molecule has 0 spiro atoms. The van der Waals surface area contributed by atoms with Crippen molar-refractivity contribution in [3.63, 3.8) is 0 Å². The molecule has 25 heavy (non-hydrogen) atoms. The highest BCUT2D eigenvalue weighted by molar-refractivity contribution is 5.96. The summed E-state index contributed by atoms with van der Waals surface area (Å²) in [7, 11) is 2.94. The van der Waals surface area contributed by atoms with Crippen LogP contribution in [0.15, 0.2) is 21.9 Å². The summed E-state index contributed by atoms with van der Waals surface area (Å²) in [6, 6.07) is 1.48. The first-order valence-electron chi connectivity index (χ1n) is 8.40. The fourth-order valence-electron chi connectivity index (χ4n) is 2.60. The highest BCUT2D eigenvalue weighted by atomic mass is 16.5. The van der Waals surface area contributed by atoms with E-state index in [0.29, 0.717) is 18.7 Å². The van der Waals surface area contributed by atoms with E-state index in [9.17, 15) is 14.4 Å². The van der Waals surface area contributed by atoms with Crippen molar-refractivity contribution in [2.75, 3.05) is 19.8 Å². The number of ether oxygens (including phenoxy) is 1. The number of carbonyl (C=O) groups excluding carboxylic acids is 1. The summed E-state index contributed by atoms with van der Waals surface area (Å²) in [5, 5.41) is 3.03. The summed E-state index contributed by atoms with van der Waals surface area (Å²) in [6.07, 6.45) is 4.63. The fraction of sp³-hybridized carbons (Fsp3) is 0.529. The molecule has 1 fully saturated rings. The minimum absolute atomic E-state index is 0.241. The number of carbonyl (C=O) groups is 1. The number of nitrogens with one attached hydrogen (secondary N) is 1. The van der Waals surface area contributed by atoms with Crippen molar-refractivity contribution in [3.8, 4) is 0 Å². The van der Waals surface area contributed by atoms with Crippen molar-refractivity contribution < 1.29 is 9.53 Å². The molecule has 1 aliphatic carbocycles. The first kappa shape index (κ1) is 17.3. The van der Waals surface area contributed by atoms with E-state index < -0.39 is 11.2 Å². The van der Waals surface area contributed by atoms with Crippen LogP contribution in [-0.4, -0.2) is 39.8 Å². The van der Waals surface area contributed by atoms with E-state index in [1.807, 2.05) is 0 Å². The Hall–Kier alpha value is -2.48. The van der Waals surface area contributed by atoms with Crippen LogP contribution in [-0.2, 0) is 18.8 Å². The number of rotatable bonds is 7. The monoisotopic (exact) mass is 346 g/mol. The highest BCUT2D eigenvalue weighted by Gasteiger charge is 2.20. The highest BCUT2D eigenvalue weighted by Crippen LogP contribution is 2.28. The lowest BCUT2D eigenvalue weighted by Gasteiger charge is -2.09. The Kier molecular flexibility index (Phi) is 4.98. The van der Waals surface area contributed by atoms with Crippen LogP contribution >= 0.6 is 0 Å².